The molecule has 7 heteroatoms. The second-order valence-corrected chi connectivity index (χ2v) is 3.13. The molecule has 0 radical (unpaired) electrons. The lowest BCUT2D eigenvalue weighted by atomic mass is 10.2. The van der Waals surface area contributed by atoms with Crippen LogP contribution >= 0.6 is 0 Å². The third-order valence-electron chi connectivity index (χ3n) is 1.89. The average Bonchev–Trinajstić information content (AvgIpc) is 2.20. The summed E-state index contributed by atoms with van der Waals surface area (Å²) in [5.41, 5.74) is 4.69. The van der Waals surface area contributed by atoms with Gasteiger partial charge in [-0.25, -0.2) is 17.6 Å². The predicted octanol–water partition coefficient (Wildman–Crippen LogP) is 1.58. The van der Waals surface area contributed by atoms with Crippen LogP contribution in [0.15, 0.2) is 12.1 Å². The molecule has 1 aromatic rings. The quantitative estimate of drug-likeness (QED) is 0.551. The van der Waals surface area contributed by atoms with E-state index in [1.165, 1.54) is 0 Å². The Labute approximate surface area is 88.9 Å². The Hall–Kier alpha value is -1.50. The molecule has 0 fully saturated rings. The van der Waals surface area contributed by atoms with E-state index in [0.717, 1.165) is 6.07 Å². The zero-order valence-corrected chi connectivity index (χ0v) is 8.05. The van der Waals surface area contributed by atoms with Gasteiger partial charge >= 0.3 is 0 Å². The van der Waals surface area contributed by atoms with Crippen LogP contribution in [-0.4, -0.2) is 24.2 Å². The molecule has 0 aliphatic rings. The monoisotopic (exact) mass is 238 g/mol. The summed E-state index contributed by atoms with van der Waals surface area (Å²) in [5.74, 6) is -1.88. The number of anilines is 2. The standard InChI is InChI=1S/C9H10F4N2O/c10-4-1-5(11)8(14)6(2-4)15-3-7(16)9(12)13/h1-2,7,9,15-16H,3,14H2. The summed E-state index contributed by atoms with van der Waals surface area (Å²) in [4.78, 5) is 0. The smallest absolute Gasteiger partial charge is 0.265 e. The number of alkyl halides is 2. The molecule has 1 unspecified atom stereocenters. The Morgan fingerprint density at radius 2 is 1.94 bits per heavy atom. The van der Waals surface area contributed by atoms with Crippen molar-refractivity contribution in [3.05, 3.63) is 23.8 Å². The fraction of sp³-hybridized carbons (Fsp3) is 0.333. The van der Waals surface area contributed by atoms with Crippen molar-refractivity contribution in [3.63, 3.8) is 0 Å². The van der Waals surface area contributed by atoms with E-state index < -0.39 is 30.7 Å². The van der Waals surface area contributed by atoms with Gasteiger partial charge in [-0.15, -0.1) is 0 Å². The first-order chi connectivity index (χ1) is 7.41. The Kier molecular flexibility index (Phi) is 3.94. The van der Waals surface area contributed by atoms with E-state index in [-0.39, 0.29) is 11.4 Å². The molecule has 0 aliphatic heterocycles. The topological polar surface area (TPSA) is 58.3 Å². The second-order valence-electron chi connectivity index (χ2n) is 3.13. The van der Waals surface area contributed by atoms with Crippen LogP contribution in [0.4, 0.5) is 28.9 Å². The Bertz CT molecular complexity index is 373. The van der Waals surface area contributed by atoms with Crippen molar-refractivity contribution in [2.75, 3.05) is 17.6 Å². The first kappa shape index (κ1) is 12.6. The fourth-order valence-electron chi connectivity index (χ4n) is 1.03. The van der Waals surface area contributed by atoms with Gasteiger partial charge in [0.15, 0.2) is 5.82 Å². The molecule has 0 saturated carbocycles. The van der Waals surface area contributed by atoms with Crippen molar-refractivity contribution in [2.24, 2.45) is 0 Å². The molecule has 0 heterocycles. The maximum Gasteiger partial charge on any atom is 0.265 e. The Morgan fingerprint density at radius 1 is 1.31 bits per heavy atom. The van der Waals surface area contributed by atoms with Gasteiger partial charge in [-0.05, 0) is 6.07 Å². The number of nitrogens with two attached hydrogens (primary N) is 1. The van der Waals surface area contributed by atoms with Gasteiger partial charge in [-0.3, -0.25) is 0 Å². The molecule has 16 heavy (non-hydrogen) atoms. The lowest BCUT2D eigenvalue weighted by Crippen LogP contribution is -2.27. The molecule has 0 spiro atoms. The highest BCUT2D eigenvalue weighted by atomic mass is 19.3. The summed E-state index contributed by atoms with van der Waals surface area (Å²) in [6.07, 6.45) is -4.86. The van der Waals surface area contributed by atoms with Crippen LogP contribution in [0.25, 0.3) is 0 Å². The molecule has 4 N–H and O–H groups in total. The molecule has 1 rings (SSSR count). The zero-order chi connectivity index (χ0) is 12.3. The van der Waals surface area contributed by atoms with Gasteiger partial charge in [0.25, 0.3) is 6.43 Å². The maximum absolute atomic E-state index is 12.9. The minimum atomic E-state index is -2.94. The van der Waals surface area contributed by atoms with E-state index in [0.29, 0.717) is 6.07 Å². The van der Waals surface area contributed by atoms with Gasteiger partial charge in [0.2, 0.25) is 0 Å². The third-order valence-corrected chi connectivity index (χ3v) is 1.89. The molecule has 0 bridgehead atoms. The Balaban J connectivity index is 2.74. The molecule has 3 nitrogen and oxygen atoms in total. The first-order valence-corrected chi connectivity index (χ1v) is 4.36. The lowest BCUT2D eigenvalue weighted by molar-refractivity contribution is 0.00385. The minimum Gasteiger partial charge on any atom is -0.395 e. The van der Waals surface area contributed by atoms with Crippen molar-refractivity contribution in [3.8, 4) is 0 Å². The average molecular weight is 238 g/mol. The number of aliphatic hydroxyl groups is 1. The number of nitrogens with one attached hydrogen (secondary N) is 1. The molecule has 0 saturated heterocycles. The van der Waals surface area contributed by atoms with Gasteiger partial charge in [0.1, 0.15) is 11.9 Å². The number of benzene rings is 1. The summed E-state index contributed by atoms with van der Waals surface area (Å²) in [6.45, 7) is -0.551. The van der Waals surface area contributed by atoms with E-state index in [1.54, 1.807) is 0 Å². The van der Waals surface area contributed by atoms with Crippen molar-refractivity contribution in [2.45, 2.75) is 12.5 Å². The third kappa shape index (κ3) is 2.99. The fourth-order valence-corrected chi connectivity index (χ4v) is 1.03. The summed E-state index contributed by atoms with van der Waals surface area (Å²) in [7, 11) is 0. The van der Waals surface area contributed by atoms with Crippen LogP contribution in [0, 0.1) is 11.6 Å². The van der Waals surface area contributed by atoms with Crippen LogP contribution in [0.2, 0.25) is 0 Å². The number of nitrogen functional groups attached to an aromatic ring is 1. The van der Waals surface area contributed by atoms with Gasteiger partial charge in [0, 0.05) is 12.6 Å². The molecule has 1 aromatic carbocycles. The summed E-state index contributed by atoms with van der Waals surface area (Å²) < 4.78 is 49.5. The highest BCUT2D eigenvalue weighted by Crippen LogP contribution is 2.23. The maximum atomic E-state index is 12.9. The van der Waals surface area contributed by atoms with Crippen LogP contribution < -0.4 is 11.1 Å². The molecule has 0 amide bonds. The lowest BCUT2D eigenvalue weighted by Gasteiger charge is -2.13. The van der Waals surface area contributed by atoms with Gasteiger partial charge in [-0.2, -0.15) is 0 Å². The molecule has 0 aromatic heterocycles. The molecule has 90 valence electrons. The number of aliphatic hydroxyl groups excluding tert-OH is 1. The first-order valence-electron chi connectivity index (χ1n) is 4.36. The van der Waals surface area contributed by atoms with E-state index in [4.69, 9.17) is 10.8 Å². The van der Waals surface area contributed by atoms with E-state index >= 15 is 0 Å². The van der Waals surface area contributed by atoms with Crippen molar-refractivity contribution >= 4 is 11.4 Å². The number of hydrogen-bond acceptors (Lipinski definition) is 3. The number of halogens is 4. The normalized spacial score (nSPS) is 12.9. The van der Waals surface area contributed by atoms with Gasteiger partial charge < -0.3 is 16.2 Å². The SMILES string of the molecule is Nc1c(F)cc(F)cc1NCC(O)C(F)F. The van der Waals surface area contributed by atoms with Gasteiger partial charge in [-0.1, -0.05) is 0 Å². The molecule has 1 atom stereocenters. The van der Waals surface area contributed by atoms with Crippen LogP contribution in [0.1, 0.15) is 0 Å². The highest BCUT2D eigenvalue weighted by Gasteiger charge is 2.17. The zero-order valence-electron chi connectivity index (χ0n) is 8.05. The molecule has 0 aliphatic carbocycles. The van der Waals surface area contributed by atoms with Crippen LogP contribution in [-0.2, 0) is 0 Å². The summed E-state index contributed by atoms with van der Waals surface area (Å²) in [5, 5.41) is 11.0. The van der Waals surface area contributed by atoms with E-state index in [1.807, 2.05) is 0 Å². The summed E-state index contributed by atoms with van der Waals surface area (Å²) in [6, 6.07) is 1.43. The largest absolute Gasteiger partial charge is 0.395 e. The minimum absolute atomic E-state index is 0.169. The van der Waals surface area contributed by atoms with Crippen LogP contribution in [0.5, 0.6) is 0 Å². The summed E-state index contributed by atoms with van der Waals surface area (Å²) >= 11 is 0. The van der Waals surface area contributed by atoms with Crippen molar-refractivity contribution in [1.82, 2.24) is 0 Å². The Morgan fingerprint density at radius 3 is 2.50 bits per heavy atom. The van der Waals surface area contributed by atoms with Crippen molar-refractivity contribution in [1.29, 1.82) is 0 Å². The van der Waals surface area contributed by atoms with Crippen LogP contribution in [0.3, 0.4) is 0 Å². The number of hydrogen-bond donors (Lipinski definition) is 3. The van der Waals surface area contributed by atoms with E-state index in [2.05, 4.69) is 5.32 Å². The van der Waals surface area contributed by atoms with Crippen molar-refractivity contribution < 1.29 is 22.7 Å². The molecular formula is C9H10F4N2O. The second kappa shape index (κ2) is 5.02. The predicted molar refractivity (Wildman–Crippen MR) is 51.3 cm³/mol. The number of rotatable bonds is 4. The highest BCUT2D eigenvalue weighted by molar-refractivity contribution is 5.66. The van der Waals surface area contributed by atoms with Gasteiger partial charge in [0.05, 0.1) is 11.4 Å². The van der Waals surface area contributed by atoms with E-state index in [9.17, 15) is 17.6 Å². The molecular weight excluding hydrogens is 228 g/mol.